The molecule has 4 rings (SSSR count). The Morgan fingerprint density at radius 2 is 1.76 bits per heavy atom. The van der Waals surface area contributed by atoms with Gasteiger partial charge in [0.25, 0.3) is 5.91 Å². The van der Waals surface area contributed by atoms with Gasteiger partial charge in [0, 0.05) is 35.4 Å². The molecule has 11 heteroatoms. The van der Waals surface area contributed by atoms with Crippen LogP contribution in [0.15, 0.2) is 57.8 Å². The van der Waals surface area contributed by atoms with Gasteiger partial charge in [-0.3, -0.25) is 20.4 Å². The minimum atomic E-state index is -3.75. The highest BCUT2D eigenvalue weighted by atomic mass is 32.2. The SMILES string of the molecule is CSCc1c(C(=O)NNC(=O)c2cccc(S(=O)(=O)N3CCOCC3)c2)oc2ccccc12. The van der Waals surface area contributed by atoms with Gasteiger partial charge in [-0.25, -0.2) is 8.42 Å². The van der Waals surface area contributed by atoms with Gasteiger partial charge in [-0.15, -0.1) is 0 Å². The van der Waals surface area contributed by atoms with Gasteiger partial charge in [0.05, 0.1) is 18.1 Å². The summed E-state index contributed by atoms with van der Waals surface area (Å²) < 4.78 is 37.9. The lowest BCUT2D eigenvalue weighted by Gasteiger charge is -2.26. The standard InChI is InChI=1S/C22H23N3O6S2/c1-32-14-18-17-7-2-3-8-19(17)31-20(18)22(27)24-23-21(26)15-5-4-6-16(13-15)33(28,29)25-9-11-30-12-10-25/h2-8,13H,9-12,14H2,1H3,(H,23,26)(H,24,27). The molecule has 1 aliphatic rings. The van der Waals surface area contributed by atoms with E-state index >= 15 is 0 Å². The highest BCUT2D eigenvalue weighted by molar-refractivity contribution is 7.97. The number of rotatable bonds is 6. The number of amides is 2. The molecule has 3 aromatic rings. The van der Waals surface area contributed by atoms with E-state index in [2.05, 4.69) is 10.9 Å². The van der Waals surface area contributed by atoms with Crippen LogP contribution in [0.3, 0.4) is 0 Å². The maximum absolute atomic E-state index is 12.9. The molecular formula is C22H23N3O6S2. The van der Waals surface area contributed by atoms with Crippen molar-refractivity contribution in [3.8, 4) is 0 Å². The number of carbonyl (C=O) groups excluding carboxylic acids is 2. The van der Waals surface area contributed by atoms with E-state index in [4.69, 9.17) is 9.15 Å². The summed E-state index contributed by atoms with van der Waals surface area (Å²) >= 11 is 1.55. The molecule has 0 aliphatic carbocycles. The number of morpholine rings is 1. The zero-order valence-electron chi connectivity index (χ0n) is 17.9. The van der Waals surface area contributed by atoms with Crippen LogP contribution in [0.5, 0.6) is 0 Å². The van der Waals surface area contributed by atoms with Crippen molar-refractivity contribution in [2.45, 2.75) is 10.6 Å². The van der Waals surface area contributed by atoms with Gasteiger partial charge in [-0.2, -0.15) is 16.1 Å². The van der Waals surface area contributed by atoms with Crippen molar-refractivity contribution in [1.29, 1.82) is 0 Å². The Bertz CT molecular complexity index is 1280. The van der Waals surface area contributed by atoms with E-state index in [1.807, 2.05) is 24.5 Å². The van der Waals surface area contributed by atoms with Crippen LogP contribution in [0, 0.1) is 0 Å². The van der Waals surface area contributed by atoms with Crippen LogP contribution in [0.1, 0.15) is 26.5 Å². The molecule has 0 atom stereocenters. The lowest BCUT2D eigenvalue weighted by molar-refractivity contribution is 0.0730. The summed E-state index contributed by atoms with van der Waals surface area (Å²) in [5.74, 6) is -0.560. The fraction of sp³-hybridized carbons (Fsp3) is 0.273. The van der Waals surface area contributed by atoms with E-state index in [0.29, 0.717) is 24.5 Å². The van der Waals surface area contributed by atoms with Gasteiger partial charge in [-0.05, 0) is 30.5 Å². The number of sulfonamides is 1. The largest absolute Gasteiger partial charge is 0.451 e. The number of nitrogens with zero attached hydrogens (tertiary/aromatic N) is 1. The van der Waals surface area contributed by atoms with Crippen LogP contribution in [0.2, 0.25) is 0 Å². The molecule has 2 heterocycles. The maximum atomic E-state index is 12.9. The Morgan fingerprint density at radius 3 is 2.52 bits per heavy atom. The van der Waals surface area contributed by atoms with E-state index in [1.54, 1.807) is 17.8 Å². The predicted octanol–water partition coefficient (Wildman–Crippen LogP) is 2.39. The first-order valence-corrected chi connectivity index (χ1v) is 13.0. The van der Waals surface area contributed by atoms with Crippen LogP contribution in [-0.2, 0) is 20.5 Å². The minimum absolute atomic E-state index is 0.00270. The van der Waals surface area contributed by atoms with Crippen molar-refractivity contribution in [1.82, 2.24) is 15.2 Å². The van der Waals surface area contributed by atoms with Crippen molar-refractivity contribution in [3.05, 3.63) is 65.4 Å². The van der Waals surface area contributed by atoms with Crippen molar-refractivity contribution in [3.63, 3.8) is 0 Å². The average Bonchev–Trinajstić information content (AvgIpc) is 3.22. The van der Waals surface area contributed by atoms with E-state index < -0.39 is 21.8 Å². The Balaban J connectivity index is 1.48. The second-order valence-corrected chi connectivity index (χ2v) is 10.1. The first-order chi connectivity index (χ1) is 15.9. The number of para-hydroxylation sites is 1. The van der Waals surface area contributed by atoms with Crippen molar-refractivity contribution in [2.24, 2.45) is 0 Å². The summed E-state index contributed by atoms with van der Waals surface area (Å²) in [7, 11) is -3.75. The van der Waals surface area contributed by atoms with E-state index in [0.717, 1.165) is 10.9 Å². The maximum Gasteiger partial charge on any atom is 0.305 e. The Hall–Kier alpha value is -2.86. The third-order valence-electron chi connectivity index (χ3n) is 5.19. The van der Waals surface area contributed by atoms with Crippen LogP contribution in [0.4, 0.5) is 0 Å². The molecule has 0 spiro atoms. The monoisotopic (exact) mass is 489 g/mol. The van der Waals surface area contributed by atoms with Gasteiger partial charge < -0.3 is 9.15 Å². The molecule has 1 saturated heterocycles. The van der Waals surface area contributed by atoms with E-state index in [9.17, 15) is 18.0 Å². The molecule has 2 aromatic carbocycles. The number of hydrazine groups is 1. The number of thioether (sulfide) groups is 1. The second kappa shape index (κ2) is 9.96. The summed E-state index contributed by atoms with van der Waals surface area (Å²) in [4.78, 5) is 25.4. The lowest BCUT2D eigenvalue weighted by Crippen LogP contribution is -2.42. The highest BCUT2D eigenvalue weighted by Gasteiger charge is 2.27. The van der Waals surface area contributed by atoms with Gasteiger partial charge >= 0.3 is 5.91 Å². The number of carbonyl (C=O) groups is 2. The number of nitrogens with one attached hydrogen (secondary N) is 2. The average molecular weight is 490 g/mol. The topological polar surface area (TPSA) is 118 Å². The molecule has 1 aromatic heterocycles. The number of benzene rings is 2. The third-order valence-corrected chi connectivity index (χ3v) is 7.66. The van der Waals surface area contributed by atoms with E-state index in [-0.39, 0.29) is 29.3 Å². The van der Waals surface area contributed by atoms with Gasteiger partial charge in [0.15, 0.2) is 5.76 Å². The molecule has 0 radical (unpaired) electrons. The molecule has 1 fully saturated rings. The summed E-state index contributed by atoms with van der Waals surface area (Å²) in [6.07, 6.45) is 1.92. The number of fused-ring (bicyclic) bond motifs is 1. The Kier molecular flexibility index (Phi) is 7.03. The van der Waals surface area contributed by atoms with Crippen LogP contribution in [0.25, 0.3) is 11.0 Å². The Morgan fingerprint density at radius 1 is 1.03 bits per heavy atom. The highest BCUT2D eigenvalue weighted by Crippen LogP contribution is 2.28. The first-order valence-electron chi connectivity index (χ1n) is 10.2. The zero-order valence-corrected chi connectivity index (χ0v) is 19.5. The minimum Gasteiger partial charge on any atom is -0.451 e. The third kappa shape index (κ3) is 4.91. The smallest absolute Gasteiger partial charge is 0.305 e. The number of hydrogen-bond acceptors (Lipinski definition) is 7. The number of hydrogen-bond donors (Lipinski definition) is 2. The van der Waals surface area contributed by atoms with Crippen molar-refractivity contribution in [2.75, 3.05) is 32.6 Å². The van der Waals surface area contributed by atoms with Crippen LogP contribution in [-0.4, -0.2) is 57.1 Å². The first kappa shape index (κ1) is 23.3. The lowest BCUT2D eigenvalue weighted by atomic mass is 10.1. The zero-order chi connectivity index (χ0) is 23.4. The summed E-state index contributed by atoms with van der Waals surface area (Å²) in [6.45, 7) is 1.16. The van der Waals surface area contributed by atoms with Crippen LogP contribution >= 0.6 is 11.8 Å². The van der Waals surface area contributed by atoms with Crippen molar-refractivity contribution < 1.29 is 27.2 Å². The molecular weight excluding hydrogens is 466 g/mol. The molecule has 9 nitrogen and oxygen atoms in total. The molecule has 33 heavy (non-hydrogen) atoms. The Labute approximate surface area is 195 Å². The molecule has 1 aliphatic heterocycles. The number of ether oxygens (including phenoxy) is 1. The summed E-state index contributed by atoms with van der Waals surface area (Å²) in [6, 6.07) is 13.0. The quantitative estimate of drug-likeness (QED) is 0.511. The summed E-state index contributed by atoms with van der Waals surface area (Å²) in [5.41, 5.74) is 6.11. The number of furan rings is 1. The molecule has 2 N–H and O–H groups in total. The molecule has 0 bridgehead atoms. The van der Waals surface area contributed by atoms with Crippen LogP contribution < -0.4 is 10.9 Å². The molecule has 174 valence electrons. The van der Waals surface area contributed by atoms with Gasteiger partial charge in [0.1, 0.15) is 5.58 Å². The van der Waals surface area contributed by atoms with Gasteiger partial charge in [0.2, 0.25) is 10.0 Å². The van der Waals surface area contributed by atoms with E-state index in [1.165, 1.54) is 28.6 Å². The molecule has 0 saturated carbocycles. The normalized spacial score (nSPS) is 14.8. The van der Waals surface area contributed by atoms with Gasteiger partial charge in [-0.1, -0.05) is 24.3 Å². The second-order valence-electron chi connectivity index (χ2n) is 7.29. The fourth-order valence-corrected chi connectivity index (χ4v) is 5.58. The molecule has 2 amide bonds. The van der Waals surface area contributed by atoms with Crippen molar-refractivity contribution >= 4 is 44.6 Å². The fourth-order valence-electron chi connectivity index (χ4n) is 3.55. The molecule has 0 unspecified atom stereocenters. The predicted molar refractivity (Wildman–Crippen MR) is 124 cm³/mol. The summed E-state index contributed by atoms with van der Waals surface area (Å²) in [5, 5.41) is 0.837.